The molecule has 0 bridgehead atoms. The van der Waals surface area contributed by atoms with E-state index in [4.69, 9.17) is 9.52 Å². The summed E-state index contributed by atoms with van der Waals surface area (Å²) in [6, 6.07) is 2.17. The number of hydrogen-bond donors (Lipinski definition) is 1. The molecule has 3 unspecified atom stereocenters. The van der Waals surface area contributed by atoms with Crippen LogP contribution >= 0.6 is 0 Å². The third-order valence-corrected chi connectivity index (χ3v) is 4.28. The number of carboxylic acids is 1. The molecular weight excluding hydrogens is 242 g/mol. The van der Waals surface area contributed by atoms with Crippen LogP contribution in [0.1, 0.15) is 49.1 Å². The van der Waals surface area contributed by atoms with E-state index in [9.17, 15) is 4.79 Å². The van der Waals surface area contributed by atoms with Gasteiger partial charge in [0.25, 0.3) is 0 Å². The van der Waals surface area contributed by atoms with E-state index in [1.54, 1.807) is 13.0 Å². The lowest BCUT2D eigenvalue weighted by Gasteiger charge is -2.40. The number of aromatic carboxylic acids is 1. The predicted molar refractivity (Wildman–Crippen MR) is 73.2 cm³/mol. The number of likely N-dealkylation sites (tertiary alicyclic amines) is 1. The minimum atomic E-state index is -0.916. The lowest BCUT2D eigenvalue weighted by Crippen LogP contribution is -2.45. The van der Waals surface area contributed by atoms with Gasteiger partial charge >= 0.3 is 5.97 Å². The molecule has 0 saturated carbocycles. The van der Waals surface area contributed by atoms with Gasteiger partial charge < -0.3 is 9.52 Å². The summed E-state index contributed by atoms with van der Waals surface area (Å²) in [6.45, 7) is 10.2. The Kier molecular flexibility index (Phi) is 3.99. The largest absolute Gasteiger partial charge is 0.478 e. The van der Waals surface area contributed by atoms with Gasteiger partial charge in [-0.1, -0.05) is 13.8 Å². The number of aryl methyl sites for hydroxylation is 1. The van der Waals surface area contributed by atoms with Crippen molar-refractivity contribution in [3.63, 3.8) is 0 Å². The van der Waals surface area contributed by atoms with Crippen molar-refractivity contribution < 1.29 is 14.3 Å². The highest BCUT2D eigenvalue weighted by atomic mass is 16.4. The highest BCUT2D eigenvalue weighted by Crippen LogP contribution is 2.28. The molecule has 1 aromatic heterocycles. The maximum atomic E-state index is 11.0. The molecular formula is C15H23NO3. The average Bonchev–Trinajstić information content (AvgIpc) is 2.66. The van der Waals surface area contributed by atoms with E-state index < -0.39 is 5.97 Å². The number of furan rings is 1. The predicted octanol–water partition coefficient (Wildman–Crippen LogP) is 3.15. The van der Waals surface area contributed by atoms with Crippen LogP contribution in [0.3, 0.4) is 0 Å². The number of rotatable bonds is 3. The quantitative estimate of drug-likeness (QED) is 0.912. The van der Waals surface area contributed by atoms with Crippen LogP contribution in [-0.2, 0) is 6.54 Å². The minimum Gasteiger partial charge on any atom is -0.478 e. The van der Waals surface area contributed by atoms with Crippen molar-refractivity contribution in [3.05, 3.63) is 23.2 Å². The molecule has 1 saturated heterocycles. The molecule has 1 aromatic rings. The fourth-order valence-electron chi connectivity index (χ4n) is 3.08. The first-order chi connectivity index (χ1) is 8.88. The van der Waals surface area contributed by atoms with Crippen LogP contribution in [0.5, 0.6) is 0 Å². The Hall–Kier alpha value is -1.29. The van der Waals surface area contributed by atoms with Crippen molar-refractivity contribution in [2.24, 2.45) is 11.8 Å². The molecule has 4 nitrogen and oxygen atoms in total. The fraction of sp³-hybridized carbons (Fsp3) is 0.667. The molecule has 4 heteroatoms. The summed E-state index contributed by atoms with van der Waals surface area (Å²) < 4.78 is 5.58. The maximum Gasteiger partial charge on any atom is 0.339 e. The Morgan fingerprint density at radius 1 is 1.47 bits per heavy atom. The monoisotopic (exact) mass is 265 g/mol. The van der Waals surface area contributed by atoms with Crippen LogP contribution in [0.25, 0.3) is 0 Å². The Bertz CT molecular complexity index is 466. The number of carboxylic acid groups (broad SMARTS) is 1. The van der Waals surface area contributed by atoms with E-state index in [-0.39, 0.29) is 5.56 Å². The van der Waals surface area contributed by atoms with Crippen LogP contribution in [-0.4, -0.2) is 28.6 Å². The van der Waals surface area contributed by atoms with Crippen molar-refractivity contribution in [2.75, 3.05) is 6.54 Å². The molecule has 1 aliphatic heterocycles. The summed E-state index contributed by atoms with van der Waals surface area (Å²) in [5.41, 5.74) is 0.278. The van der Waals surface area contributed by atoms with E-state index in [0.717, 1.165) is 12.3 Å². The first-order valence-electron chi connectivity index (χ1n) is 6.95. The van der Waals surface area contributed by atoms with Gasteiger partial charge in [0.1, 0.15) is 17.1 Å². The summed E-state index contributed by atoms with van der Waals surface area (Å²) in [7, 11) is 0. The highest BCUT2D eigenvalue weighted by molar-refractivity contribution is 5.88. The summed E-state index contributed by atoms with van der Waals surface area (Å²) in [4.78, 5) is 13.4. The molecule has 0 radical (unpaired) electrons. The third kappa shape index (κ3) is 3.00. The Morgan fingerprint density at radius 2 is 2.16 bits per heavy atom. The lowest BCUT2D eigenvalue weighted by atomic mass is 9.86. The van der Waals surface area contributed by atoms with Crippen molar-refractivity contribution >= 4 is 5.97 Å². The van der Waals surface area contributed by atoms with Gasteiger partial charge in [-0.3, -0.25) is 4.90 Å². The van der Waals surface area contributed by atoms with Crippen molar-refractivity contribution in [3.8, 4) is 0 Å². The standard InChI is InChI=1S/C15H23NO3/c1-9-5-10(2)11(3)16(7-9)8-13-6-14(15(17)18)12(4)19-13/h6,9-11H,5,7-8H2,1-4H3,(H,17,18). The third-order valence-electron chi connectivity index (χ3n) is 4.28. The molecule has 1 fully saturated rings. The zero-order chi connectivity index (χ0) is 14.2. The molecule has 106 valence electrons. The molecule has 0 spiro atoms. The van der Waals surface area contributed by atoms with Gasteiger partial charge in [0.15, 0.2) is 0 Å². The number of nitrogens with zero attached hydrogens (tertiary/aromatic N) is 1. The normalized spacial score (nSPS) is 28.5. The van der Waals surface area contributed by atoms with Crippen LogP contribution < -0.4 is 0 Å². The zero-order valence-corrected chi connectivity index (χ0v) is 12.1. The van der Waals surface area contributed by atoms with Gasteiger partial charge in [-0.05, 0) is 38.2 Å². The van der Waals surface area contributed by atoms with Crippen LogP contribution in [0.15, 0.2) is 10.5 Å². The van der Waals surface area contributed by atoms with Gasteiger partial charge in [-0.25, -0.2) is 4.79 Å². The van der Waals surface area contributed by atoms with Gasteiger partial charge in [-0.2, -0.15) is 0 Å². The smallest absolute Gasteiger partial charge is 0.339 e. The molecule has 0 amide bonds. The first-order valence-corrected chi connectivity index (χ1v) is 6.95. The van der Waals surface area contributed by atoms with E-state index in [0.29, 0.717) is 30.2 Å². The molecule has 1 N–H and O–H groups in total. The Labute approximate surface area is 114 Å². The second-order valence-electron chi connectivity index (χ2n) is 5.98. The summed E-state index contributed by atoms with van der Waals surface area (Å²) in [5.74, 6) is 1.68. The van der Waals surface area contributed by atoms with E-state index >= 15 is 0 Å². The van der Waals surface area contributed by atoms with Crippen molar-refractivity contribution in [1.82, 2.24) is 4.90 Å². The number of hydrogen-bond acceptors (Lipinski definition) is 3. The second-order valence-corrected chi connectivity index (χ2v) is 5.98. The molecule has 1 aliphatic rings. The minimum absolute atomic E-state index is 0.278. The number of piperidine rings is 1. The summed E-state index contributed by atoms with van der Waals surface area (Å²) in [5, 5.41) is 9.05. The average molecular weight is 265 g/mol. The Morgan fingerprint density at radius 3 is 2.74 bits per heavy atom. The summed E-state index contributed by atoms with van der Waals surface area (Å²) >= 11 is 0. The van der Waals surface area contributed by atoms with E-state index in [1.165, 1.54) is 6.42 Å². The Balaban J connectivity index is 2.12. The van der Waals surface area contributed by atoms with Gasteiger partial charge in [-0.15, -0.1) is 0 Å². The van der Waals surface area contributed by atoms with Crippen molar-refractivity contribution in [2.45, 2.75) is 46.7 Å². The molecule has 2 heterocycles. The molecule has 0 aliphatic carbocycles. The second kappa shape index (κ2) is 5.37. The highest BCUT2D eigenvalue weighted by Gasteiger charge is 2.29. The van der Waals surface area contributed by atoms with Crippen molar-refractivity contribution in [1.29, 1.82) is 0 Å². The SMILES string of the molecule is Cc1oc(CN2CC(C)CC(C)C2C)cc1C(=O)O. The fourth-order valence-corrected chi connectivity index (χ4v) is 3.08. The van der Waals surface area contributed by atoms with Crippen LogP contribution in [0.2, 0.25) is 0 Å². The van der Waals surface area contributed by atoms with Crippen LogP contribution in [0, 0.1) is 18.8 Å². The number of carbonyl (C=O) groups is 1. The molecule has 2 rings (SSSR count). The summed E-state index contributed by atoms with van der Waals surface area (Å²) in [6.07, 6.45) is 1.26. The topological polar surface area (TPSA) is 53.7 Å². The molecule has 19 heavy (non-hydrogen) atoms. The van der Waals surface area contributed by atoms with Gasteiger partial charge in [0.2, 0.25) is 0 Å². The van der Waals surface area contributed by atoms with Gasteiger partial charge in [0, 0.05) is 12.6 Å². The van der Waals surface area contributed by atoms with Crippen LogP contribution in [0.4, 0.5) is 0 Å². The maximum absolute atomic E-state index is 11.0. The lowest BCUT2D eigenvalue weighted by molar-refractivity contribution is 0.0666. The van der Waals surface area contributed by atoms with Gasteiger partial charge in [0.05, 0.1) is 6.54 Å². The molecule has 0 aromatic carbocycles. The molecule has 3 atom stereocenters. The first kappa shape index (κ1) is 14.1. The zero-order valence-electron chi connectivity index (χ0n) is 12.1. The van der Waals surface area contributed by atoms with E-state index in [1.807, 2.05) is 0 Å². The van der Waals surface area contributed by atoms with E-state index in [2.05, 4.69) is 25.7 Å².